The fourth-order valence-electron chi connectivity index (χ4n) is 1.89. The molecule has 0 amide bonds. The van der Waals surface area contributed by atoms with E-state index in [1.165, 1.54) is 0 Å². The molecule has 0 saturated carbocycles. The van der Waals surface area contributed by atoms with Gasteiger partial charge in [0.05, 0.1) is 21.3 Å². The Labute approximate surface area is 132 Å². The molecule has 0 saturated heterocycles. The number of benzene rings is 2. The molecule has 0 fully saturated rings. The first kappa shape index (κ1) is 15.5. The fraction of sp³-hybridized carbons (Fsp3) is 0.250. The molecule has 4 nitrogen and oxygen atoms in total. The van der Waals surface area contributed by atoms with Gasteiger partial charge in [0, 0.05) is 16.6 Å². The van der Waals surface area contributed by atoms with Crippen molar-refractivity contribution < 1.29 is 18.9 Å². The van der Waals surface area contributed by atoms with Crippen LogP contribution in [0.2, 0.25) is 0 Å². The Balaban J connectivity index is 2.18. The van der Waals surface area contributed by atoms with Crippen molar-refractivity contribution in [3.8, 4) is 23.0 Å². The maximum atomic E-state index is 5.79. The molecule has 112 valence electrons. The molecule has 0 aliphatic carbocycles. The second-order valence-corrected chi connectivity index (χ2v) is 5.19. The van der Waals surface area contributed by atoms with E-state index in [2.05, 4.69) is 15.9 Å². The molecular formula is C16H17BrO4. The van der Waals surface area contributed by atoms with E-state index in [-0.39, 0.29) is 0 Å². The predicted octanol–water partition coefficient (Wildman–Crippen LogP) is 4.05. The standard InChI is InChI=1S/C16H17BrO4/c1-18-14-8-13(9-15(19-2)16(14)20-3)21-10-11-4-6-12(17)7-5-11/h4-9H,10H2,1-3H3. The molecule has 0 N–H and O–H groups in total. The summed E-state index contributed by atoms with van der Waals surface area (Å²) in [5.41, 5.74) is 1.08. The average molecular weight is 353 g/mol. The lowest BCUT2D eigenvalue weighted by atomic mass is 10.2. The van der Waals surface area contributed by atoms with Crippen LogP contribution in [-0.2, 0) is 6.61 Å². The first-order valence-electron chi connectivity index (χ1n) is 6.35. The molecule has 0 bridgehead atoms. The molecule has 21 heavy (non-hydrogen) atoms. The van der Waals surface area contributed by atoms with E-state index in [0.717, 1.165) is 10.0 Å². The van der Waals surface area contributed by atoms with Gasteiger partial charge in [-0.25, -0.2) is 0 Å². The Bertz CT molecular complexity index is 571. The van der Waals surface area contributed by atoms with Gasteiger partial charge in [-0.3, -0.25) is 0 Å². The van der Waals surface area contributed by atoms with Crippen LogP contribution in [0.4, 0.5) is 0 Å². The Hall–Kier alpha value is -1.88. The highest BCUT2D eigenvalue weighted by molar-refractivity contribution is 9.10. The summed E-state index contributed by atoms with van der Waals surface area (Å²) in [7, 11) is 4.73. The van der Waals surface area contributed by atoms with E-state index >= 15 is 0 Å². The quantitative estimate of drug-likeness (QED) is 0.785. The second-order valence-electron chi connectivity index (χ2n) is 4.28. The van der Waals surface area contributed by atoms with Crippen molar-refractivity contribution in [2.45, 2.75) is 6.61 Å². The van der Waals surface area contributed by atoms with Gasteiger partial charge in [0.15, 0.2) is 11.5 Å². The van der Waals surface area contributed by atoms with Crippen LogP contribution in [0.15, 0.2) is 40.9 Å². The van der Waals surface area contributed by atoms with E-state index in [1.54, 1.807) is 33.5 Å². The third-order valence-electron chi connectivity index (χ3n) is 2.96. The topological polar surface area (TPSA) is 36.9 Å². The lowest BCUT2D eigenvalue weighted by Gasteiger charge is -2.14. The van der Waals surface area contributed by atoms with Gasteiger partial charge < -0.3 is 18.9 Å². The Morgan fingerprint density at radius 3 is 1.90 bits per heavy atom. The number of hydrogen-bond donors (Lipinski definition) is 0. The summed E-state index contributed by atoms with van der Waals surface area (Å²) in [5, 5.41) is 0. The number of methoxy groups -OCH3 is 3. The first-order chi connectivity index (χ1) is 10.2. The molecule has 0 aromatic heterocycles. The van der Waals surface area contributed by atoms with Crippen LogP contribution in [0.5, 0.6) is 23.0 Å². The zero-order chi connectivity index (χ0) is 15.2. The van der Waals surface area contributed by atoms with Crippen molar-refractivity contribution in [2.75, 3.05) is 21.3 Å². The number of ether oxygens (including phenoxy) is 4. The minimum Gasteiger partial charge on any atom is -0.493 e. The van der Waals surface area contributed by atoms with E-state index in [9.17, 15) is 0 Å². The number of halogens is 1. The van der Waals surface area contributed by atoms with E-state index in [1.807, 2.05) is 24.3 Å². The van der Waals surface area contributed by atoms with Crippen molar-refractivity contribution in [3.63, 3.8) is 0 Å². The van der Waals surface area contributed by atoms with Gasteiger partial charge in [0.1, 0.15) is 12.4 Å². The molecule has 0 aliphatic heterocycles. The van der Waals surface area contributed by atoms with Gasteiger partial charge in [-0.1, -0.05) is 28.1 Å². The summed E-state index contributed by atoms with van der Waals surface area (Å²) in [6, 6.07) is 11.5. The van der Waals surface area contributed by atoms with Crippen LogP contribution in [-0.4, -0.2) is 21.3 Å². The first-order valence-corrected chi connectivity index (χ1v) is 7.14. The van der Waals surface area contributed by atoms with E-state index < -0.39 is 0 Å². The highest BCUT2D eigenvalue weighted by Gasteiger charge is 2.13. The second kappa shape index (κ2) is 7.22. The van der Waals surface area contributed by atoms with Crippen LogP contribution >= 0.6 is 15.9 Å². The van der Waals surface area contributed by atoms with Crippen LogP contribution in [0.25, 0.3) is 0 Å². The Morgan fingerprint density at radius 2 is 1.43 bits per heavy atom. The van der Waals surface area contributed by atoms with Crippen LogP contribution in [0, 0.1) is 0 Å². The molecule has 5 heteroatoms. The molecule has 0 unspecified atom stereocenters. The molecule has 0 aliphatic rings. The van der Waals surface area contributed by atoms with Gasteiger partial charge in [-0.05, 0) is 17.7 Å². The monoisotopic (exact) mass is 352 g/mol. The molecule has 2 aromatic rings. The van der Waals surface area contributed by atoms with Gasteiger partial charge in [-0.15, -0.1) is 0 Å². The maximum absolute atomic E-state index is 5.79. The van der Waals surface area contributed by atoms with Gasteiger partial charge in [0.25, 0.3) is 0 Å². The number of hydrogen-bond acceptors (Lipinski definition) is 4. The molecule has 2 rings (SSSR count). The average Bonchev–Trinajstić information content (AvgIpc) is 2.53. The maximum Gasteiger partial charge on any atom is 0.203 e. The molecule has 0 atom stereocenters. The van der Waals surface area contributed by atoms with Gasteiger partial charge in [0.2, 0.25) is 5.75 Å². The summed E-state index contributed by atoms with van der Waals surface area (Å²) in [6.45, 7) is 0.464. The number of rotatable bonds is 6. The predicted molar refractivity (Wildman–Crippen MR) is 84.6 cm³/mol. The summed E-state index contributed by atoms with van der Waals surface area (Å²) in [5.74, 6) is 2.36. The molecule has 0 heterocycles. The van der Waals surface area contributed by atoms with Crippen LogP contribution < -0.4 is 18.9 Å². The molecular weight excluding hydrogens is 336 g/mol. The summed E-state index contributed by atoms with van der Waals surface area (Å²) in [6.07, 6.45) is 0. The smallest absolute Gasteiger partial charge is 0.203 e. The van der Waals surface area contributed by atoms with Crippen molar-refractivity contribution in [3.05, 3.63) is 46.4 Å². The zero-order valence-corrected chi connectivity index (χ0v) is 13.8. The zero-order valence-electron chi connectivity index (χ0n) is 12.2. The normalized spacial score (nSPS) is 10.1. The van der Waals surface area contributed by atoms with Crippen molar-refractivity contribution in [2.24, 2.45) is 0 Å². The lowest BCUT2D eigenvalue weighted by Crippen LogP contribution is -1.99. The Kier molecular flexibility index (Phi) is 5.33. The van der Waals surface area contributed by atoms with Gasteiger partial charge in [-0.2, -0.15) is 0 Å². The molecule has 0 radical (unpaired) electrons. The molecule has 2 aromatic carbocycles. The molecule has 0 spiro atoms. The SMILES string of the molecule is COc1cc(OCc2ccc(Br)cc2)cc(OC)c1OC. The van der Waals surface area contributed by atoms with Crippen molar-refractivity contribution >= 4 is 15.9 Å². The van der Waals surface area contributed by atoms with Gasteiger partial charge >= 0.3 is 0 Å². The van der Waals surface area contributed by atoms with Crippen molar-refractivity contribution in [1.29, 1.82) is 0 Å². The summed E-state index contributed by atoms with van der Waals surface area (Å²) < 4.78 is 22.7. The largest absolute Gasteiger partial charge is 0.493 e. The van der Waals surface area contributed by atoms with E-state index in [4.69, 9.17) is 18.9 Å². The van der Waals surface area contributed by atoms with Crippen LogP contribution in [0.1, 0.15) is 5.56 Å². The van der Waals surface area contributed by atoms with E-state index in [0.29, 0.717) is 29.6 Å². The third-order valence-corrected chi connectivity index (χ3v) is 3.49. The Morgan fingerprint density at radius 1 is 0.857 bits per heavy atom. The fourth-order valence-corrected chi connectivity index (χ4v) is 2.15. The van der Waals surface area contributed by atoms with Crippen LogP contribution in [0.3, 0.4) is 0 Å². The lowest BCUT2D eigenvalue weighted by molar-refractivity contribution is 0.291. The summed E-state index contributed by atoms with van der Waals surface area (Å²) in [4.78, 5) is 0. The highest BCUT2D eigenvalue weighted by atomic mass is 79.9. The van der Waals surface area contributed by atoms with Crippen molar-refractivity contribution in [1.82, 2.24) is 0 Å². The minimum atomic E-state index is 0.464. The summed E-state index contributed by atoms with van der Waals surface area (Å²) >= 11 is 3.41. The highest BCUT2D eigenvalue weighted by Crippen LogP contribution is 2.40. The third kappa shape index (κ3) is 3.82. The minimum absolute atomic E-state index is 0.464.